The quantitative estimate of drug-likeness (QED) is 0.843. The van der Waals surface area contributed by atoms with Crippen LogP contribution < -0.4 is 10.2 Å². The summed E-state index contributed by atoms with van der Waals surface area (Å²) in [7, 11) is -3.15. The first-order chi connectivity index (χ1) is 12.4. The minimum Gasteiger partial charge on any atom is -0.374 e. The summed E-state index contributed by atoms with van der Waals surface area (Å²) >= 11 is 5.72. The van der Waals surface area contributed by atoms with Crippen LogP contribution in [-0.4, -0.2) is 38.4 Å². The molecular formula is C18H18ClFN2O3S. The number of hydrogen-bond donors (Lipinski definition) is 1. The molecule has 0 spiro atoms. The summed E-state index contributed by atoms with van der Waals surface area (Å²) in [4.78, 5) is 14.3. The van der Waals surface area contributed by atoms with Crippen molar-refractivity contribution in [3.63, 3.8) is 0 Å². The van der Waals surface area contributed by atoms with Crippen LogP contribution in [0.25, 0.3) is 0 Å². The van der Waals surface area contributed by atoms with Crippen molar-refractivity contribution in [2.75, 3.05) is 28.3 Å². The molecule has 5 nitrogen and oxygen atoms in total. The van der Waals surface area contributed by atoms with Gasteiger partial charge in [0.25, 0.3) is 0 Å². The summed E-state index contributed by atoms with van der Waals surface area (Å²) in [6.07, 6.45) is 0.387. The number of benzene rings is 2. The van der Waals surface area contributed by atoms with Crippen LogP contribution in [0.15, 0.2) is 48.5 Å². The summed E-state index contributed by atoms with van der Waals surface area (Å²) in [5.74, 6) is -0.885. The van der Waals surface area contributed by atoms with E-state index in [0.717, 1.165) is 6.07 Å². The van der Waals surface area contributed by atoms with Crippen molar-refractivity contribution < 1.29 is 17.6 Å². The molecular weight excluding hydrogens is 379 g/mol. The second kappa shape index (κ2) is 7.63. The van der Waals surface area contributed by atoms with E-state index in [9.17, 15) is 17.6 Å². The fraction of sp³-hybridized carbons (Fsp3) is 0.278. The van der Waals surface area contributed by atoms with Gasteiger partial charge >= 0.3 is 0 Å². The van der Waals surface area contributed by atoms with Crippen LogP contribution in [0.3, 0.4) is 0 Å². The Morgan fingerprint density at radius 1 is 1.23 bits per heavy atom. The second-order valence-electron chi connectivity index (χ2n) is 6.13. The third-order valence-electron chi connectivity index (χ3n) is 4.24. The molecule has 138 valence electrons. The summed E-state index contributed by atoms with van der Waals surface area (Å²) in [5, 5.41) is 3.03. The molecule has 1 atom stereocenters. The Kier molecular flexibility index (Phi) is 5.48. The van der Waals surface area contributed by atoms with E-state index in [0.29, 0.717) is 12.1 Å². The molecule has 3 rings (SSSR count). The highest BCUT2D eigenvalue weighted by Gasteiger charge is 2.35. The molecule has 1 heterocycles. The highest BCUT2D eigenvalue weighted by atomic mass is 35.5. The number of nitrogens with zero attached hydrogens (tertiary/aromatic N) is 1. The third kappa shape index (κ3) is 4.34. The highest BCUT2D eigenvalue weighted by Crippen LogP contribution is 2.25. The van der Waals surface area contributed by atoms with Crippen LogP contribution in [0.4, 0.5) is 15.8 Å². The molecule has 2 aromatic carbocycles. The van der Waals surface area contributed by atoms with Crippen molar-refractivity contribution >= 4 is 38.7 Å². The minimum absolute atomic E-state index is 0.0630. The van der Waals surface area contributed by atoms with Gasteiger partial charge in [-0.25, -0.2) is 12.8 Å². The number of carbonyl (C=O) groups is 1. The molecule has 0 aromatic heterocycles. The van der Waals surface area contributed by atoms with Gasteiger partial charge in [-0.1, -0.05) is 29.8 Å². The van der Waals surface area contributed by atoms with Gasteiger partial charge in [0.15, 0.2) is 9.84 Å². The van der Waals surface area contributed by atoms with Gasteiger partial charge < -0.3 is 10.2 Å². The van der Waals surface area contributed by atoms with E-state index in [1.807, 2.05) is 6.07 Å². The Balaban J connectivity index is 1.79. The predicted molar refractivity (Wildman–Crippen MR) is 101 cm³/mol. The van der Waals surface area contributed by atoms with E-state index in [4.69, 9.17) is 11.6 Å². The van der Waals surface area contributed by atoms with Gasteiger partial charge in [0.05, 0.1) is 29.8 Å². The molecule has 1 N–H and O–H groups in total. The Bertz CT molecular complexity index is 906. The smallest absolute Gasteiger partial charge is 0.246 e. The van der Waals surface area contributed by atoms with Crippen LogP contribution in [0.5, 0.6) is 0 Å². The van der Waals surface area contributed by atoms with Gasteiger partial charge in [0.1, 0.15) is 5.82 Å². The van der Waals surface area contributed by atoms with Crippen LogP contribution in [0.1, 0.15) is 6.42 Å². The molecule has 1 aliphatic rings. The molecule has 1 saturated heterocycles. The maximum atomic E-state index is 13.9. The van der Waals surface area contributed by atoms with Crippen LogP contribution in [0, 0.1) is 5.82 Å². The number of halogens is 2. The Labute approximate surface area is 156 Å². The fourth-order valence-electron chi connectivity index (χ4n) is 3.01. The SMILES string of the molecule is O=C(CNc1ccc(Cl)cc1F)N(c1ccccc1)[C@H]1CCS(=O)(=O)C1. The molecule has 8 heteroatoms. The Morgan fingerprint density at radius 3 is 2.58 bits per heavy atom. The topological polar surface area (TPSA) is 66.5 Å². The number of sulfone groups is 1. The van der Waals surface area contributed by atoms with Gasteiger partial charge in [-0.15, -0.1) is 0 Å². The Morgan fingerprint density at radius 2 is 1.96 bits per heavy atom. The van der Waals surface area contributed by atoms with Gasteiger partial charge in [0.2, 0.25) is 5.91 Å². The van der Waals surface area contributed by atoms with E-state index in [2.05, 4.69) is 5.32 Å². The molecule has 1 aliphatic heterocycles. The van der Waals surface area contributed by atoms with E-state index < -0.39 is 21.7 Å². The largest absolute Gasteiger partial charge is 0.374 e. The lowest BCUT2D eigenvalue weighted by atomic mass is 10.1. The summed E-state index contributed by atoms with van der Waals surface area (Å²) in [5.41, 5.74) is 0.785. The maximum absolute atomic E-state index is 13.9. The van der Waals surface area contributed by atoms with Crippen molar-refractivity contribution in [2.45, 2.75) is 12.5 Å². The predicted octanol–water partition coefficient (Wildman–Crippen LogP) is 3.11. The number of anilines is 2. The fourth-order valence-corrected chi connectivity index (χ4v) is 4.87. The zero-order chi connectivity index (χ0) is 18.7. The average Bonchev–Trinajstić information content (AvgIpc) is 2.95. The van der Waals surface area contributed by atoms with Gasteiger partial charge in [-0.2, -0.15) is 0 Å². The van der Waals surface area contributed by atoms with Crippen LogP contribution >= 0.6 is 11.6 Å². The van der Waals surface area contributed by atoms with Crippen molar-refractivity contribution in [3.05, 3.63) is 59.4 Å². The molecule has 0 unspecified atom stereocenters. The van der Waals surface area contributed by atoms with Crippen molar-refractivity contribution in [1.82, 2.24) is 0 Å². The molecule has 2 aromatic rings. The normalized spacial score (nSPS) is 18.5. The highest BCUT2D eigenvalue weighted by molar-refractivity contribution is 7.91. The number of hydrogen-bond acceptors (Lipinski definition) is 4. The summed E-state index contributed by atoms with van der Waals surface area (Å²) < 4.78 is 37.6. The first kappa shape index (κ1) is 18.7. The number of rotatable bonds is 5. The summed E-state index contributed by atoms with van der Waals surface area (Å²) in [6, 6.07) is 12.6. The van der Waals surface area contributed by atoms with E-state index in [1.165, 1.54) is 17.0 Å². The first-order valence-corrected chi connectivity index (χ1v) is 10.3. The standard InChI is InChI=1S/C18H18ClFN2O3S/c19-13-6-7-17(16(20)10-13)21-11-18(23)22(14-4-2-1-3-5-14)15-8-9-26(24,25)12-15/h1-7,10,15,21H,8-9,11-12H2/t15-/m0/s1. The lowest BCUT2D eigenvalue weighted by Gasteiger charge is -2.28. The molecule has 0 aliphatic carbocycles. The zero-order valence-corrected chi connectivity index (χ0v) is 15.4. The number of amides is 1. The van der Waals surface area contributed by atoms with Crippen LogP contribution in [0.2, 0.25) is 5.02 Å². The first-order valence-electron chi connectivity index (χ1n) is 8.12. The van der Waals surface area contributed by atoms with Crippen molar-refractivity contribution in [1.29, 1.82) is 0 Å². The molecule has 0 saturated carbocycles. The Hall–Kier alpha value is -2.12. The maximum Gasteiger partial charge on any atom is 0.246 e. The van der Waals surface area contributed by atoms with Crippen LogP contribution in [-0.2, 0) is 14.6 Å². The summed E-state index contributed by atoms with van der Waals surface area (Å²) in [6.45, 7) is -0.163. The number of carbonyl (C=O) groups excluding carboxylic acids is 1. The monoisotopic (exact) mass is 396 g/mol. The molecule has 0 bridgehead atoms. The average molecular weight is 397 g/mol. The third-order valence-corrected chi connectivity index (χ3v) is 6.22. The number of nitrogens with one attached hydrogen (secondary N) is 1. The van der Waals surface area contributed by atoms with E-state index >= 15 is 0 Å². The number of para-hydroxylation sites is 1. The molecule has 0 radical (unpaired) electrons. The van der Waals surface area contributed by atoms with Gasteiger partial charge in [-0.3, -0.25) is 4.79 Å². The lowest BCUT2D eigenvalue weighted by molar-refractivity contribution is -0.117. The van der Waals surface area contributed by atoms with Crippen molar-refractivity contribution in [2.24, 2.45) is 0 Å². The van der Waals surface area contributed by atoms with E-state index in [-0.39, 0.29) is 34.7 Å². The van der Waals surface area contributed by atoms with Gasteiger partial charge in [-0.05, 0) is 36.8 Å². The zero-order valence-electron chi connectivity index (χ0n) is 13.9. The molecule has 1 amide bonds. The molecule has 1 fully saturated rings. The lowest BCUT2D eigenvalue weighted by Crippen LogP contribution is -2.44. The molecule has 26 heavy (non-hydrogen) atoms. The van der Waals surface area contributed by atoms with Crippen molar-refractivity contribution in [3.8, 4) is 0 Å². The van der Waals surface area contributed by atoms with E-state index in [1.54, 1.807) is 24.3 Å². The second-order valence-corrected chi connectivity index (χ2v) is 8.80. The minimum atomic E-state index is -3.15. The van der Waals surface area contributed by atoms with Gasteiger partial charge in [0, 0.05) is 10.7 Å².